The molecule has 9 heteroatoms. The first-order chi connectivity index (χ1) is 13.6. The van der Waals surface area contributed by atoms with E-state index in [0.717, 1.165) is 6.07 Å². The molecule has 0 aromatic heterocycles. The Hall–Kier alpha value is -2.92. The number of halogens is 5. The van der Waals surface area contributed by atoms with E-state index in [0.29, 0.717) is 25.0 Å². The van der Waals surface area contributed by atoms with Gasteiger partial charge in [0.25, 0.3) is 5.91 Å². The number of hydrogen-bond donors (Lipinski definition) is 1. The molecule has 0 radical (unpaired) electrons. The minimum Gasteiger partial charge on any atom is -0.319 e. The van der Waals surface area contributed by atoms with Crippen molar-refractivity contribution in [3.05, 3.63) is 63.9 Å². The van der Waals surface area contributed by atoms with Gasteiger partial charge in [0.15, 0.2) is 0 Å². The topological polar surface area (TPSA) is 70.0 Å². The normalized spacial score (nSPS) is 14.8. The molecule has 0 bridgehead atoms. The van der Waals surface area contributed by atoms with Crippen LogP contribution in [0.2, 0.25) is 5.02 Å². The molecule has 0 saturated heterocycles. The molecule has 1 amide bonds. The lowest BCUT2D eigenvalue weighted by atomic mass is 9.88. The number of nitrogens with one attached hydrogen (secondary N) is 1. The first-order valence-corrected chi connectivity index (χ1v) is 8.85. The van der Waals surface area contributed by atoms with E-state index in [1.165, 1.54) is 18.2 Å². The highest BCUT2D eigenvalue weighted by atomic mass is 35.5. The largest absolute Gasteiger partial charge is 0.416 e. The van der Waals surface area contributed by atoms with Crippen molar-refractivity contribution >= 4 is 29.0 Å². The maximum absolute atomic E-state index is 14.2. The Bertz CT molecular complexity index is 1040. The van der Waals surface area contributed by atoms with Gasteiger partial charge in [0.05, 0.1) is 16.1 Å². The van der Waals surface area contributed by atoms with Crippen molar-refractivity contribution in [2.24, 2.45) is 0 Å². The summed E-state index contributed by atoms with van der Waals surface area (Å²) in [6.45, 7) is 0. The summed E-state index contributed by atoms with van der Waals surface area (Å²) in [7, 11) is 0. The molecule has 1 saturated carbocycles. The minimum atomic E-state index is -4.64. The number of anilines is 1. The first kappa shape index (κ1) is 20.8. The van der Waals surface area contributed by atoms with E-state index in [4.69, 9.17) is 16.9 Å². The van der Waals surface area contributed by atoms with Gasteiger partial charge in [0.1, 0.15) is 11.9 Å². The van der Waals surface area contributed by atoms with Gasteiger partial charge < -0.3 is 5.32 Å². The van der Waals surface area contributed by atoms with E-state index in [9.17, 15) is 27.2 Å². The van der Waals surface area contributed by atoms with E-state index >= 15 is 0 Å². The van der Waals surface area contributed by atoms with Crippen molar-refractivity contribution in [3.63, 3.8) is 0 Å². The highest BCUT2D eigenvalue weighted by Crippen LogP contribution is 2.52. The number of ketones is 1. The summed E-state index contributed by atoms with van der Waals surface area (Å²) in [4.78, 5) is 24.5. The van der Waals surface area contributed by atoms with Gasteiger partial charge in [0, 0.05) is 17.5 Å². The zero-order chi connectivity index (χ0) is 21.4. The van der Waals surface area contributed by atoms with Crippen LogP contribution in [-0.4, -0.2) is 11.7 Å². The third-order valence-electron chi connectivity index (χ3n) is 4.82. The van der Waals surface area contributed by atoms with Gasteiger partial charge in [-0.25, -0.2) is 4.39 Å². The van der Waals surface area contributed by atoms with Gasteiger partial charge in [0.2, 0.25) is 5.78 Å². The van der Waals surface area contributed by atoms with Gasteiger partial charge in [-0.1, -0.05) is 11.6 Å². The van der Waals surface area contributed by atoms with Crippen LogP contribution in [0.1, 0.15) is 36.0 Å². The molecule has 3 rings (SSSR count). The standard InChI is InChI=1S/C20H13ClF4N2O2/c21-15-8-13(3-1-11(15)10-26)27-18(29)17(28)9-19(5-6-19)14-7-12(20(23,24)25)2-4-16(14)22/h1-4,7-8H,5-6,9H2,(H,27,29). The quantitative estimate of drug-likeness (QED) is 0.542. The summed E-state index contributed by atoms with van der Waals surface area (Å²) in [5, 5.41) is 11.3. The van der Waals surface area contributed by atoms with Crippen LogP contribution >= 0.6 is 11.6 Å². The Morgan fingerprint density at radius 2 is 1.86 bits per heavy atom. The fraction of sp³-hybridized carbons (Fsp3) is 0.250. The Labute approximate surface area is 168 Å². The zero-order valence-electron chi connectivity index (χ0n) is 14.7. The Morgan fingerprint density at radius 1 is 1.17 bits per heavy atom. The van der Waals surface area contributed by atoms with E-state index in [1.807, 2.05) is 6.07 Å². The number of benzene rings is 2. The van der Waals surface area contributed by atoms with Crippen LogP contribution in [0.5, 0.6) is 0 Å². The van der Waals surface area contributed by atoms with Gasteiger partial charge >= 0.3 is 6.18 Å². The van der Waals surface area contributed by atoms with E-state index < -0.39 is 41.1 Å². The van der Waals surface area contributed by atoms with E-state index in [-0.39, 0.29) is 21.8 Å². The Balaban J connectivity index is 1.76. The number of nitriles is 1. The fourth-order valence-corrected chi connectivity index (χ4v) is 3.29. The number of hydrogen-bond acceptors (Lipinski definition) is 3. The molecule has 0 unspecified atom stereocenters. The van der Waals surface area contributed by atoms with Crippen molar-refractivity contribution in [1.29, 1.82) is 5.26 Å². The molecule has 2 aromatic carbocycles. The monoisotopic (exact) mass is 424 g/mol. The number of carbonyl (C=O) groups excluding carboxylic acids is 2. The number of amides is 1. The lowest BCUT2D eigenvalue weighted by Gasteiger charge is -2.18. The summed E-state index contributed by atoms with van der Waals surface area (Å²) >= 11 is 5.87. The SMILES string of the molecule is N#Cc1ccc(NC(=O)C(=O)CC2(c3cc(C(F)(F)F)ccc3F)CC2)cc1Cl. The van der Waals surface area contributed by atoms with Crippen LogP contribution < -0.4 is 5.32 Å². The molecular formula is C20H13ClF4N2O2. The fourth-order valence-electron chi connectivity index (χ4n) is 3.07. The molecule has 1 fully saturated rings. The molecule has 1 N–H and O–H groups in total. The van der Waals surface area contributed by atoms with Gasteiger partial charge in [-0.3, -0.25) is 9.59 Å². The summed E-state index contributed by atoms with van der Waals surface area (Å²) in [6.07, 6.45) is -4.46. The van der Waals surface area contributed by atoms with Crippen LogP contribution in [0.25, 0.3) is 0 Å². The predicted molar refractivity (Wildman–Crippen MR) is 96.7 cm³/mol. The molecule has 0 spiro atoms. The molecule has 0 heterocycles. The molecular weight excluding hydrogens is 412 g/mol. The maximum atomic E-state index is 14.2. The van der Waals surface area contributed by atoms with Crippen molar-refractivity contribution in [1.82, 2.24) is 0 Å². The van der Waals surface area contributed by atoms with Crippen molar-refractivity contribution in [2.75, 3.05) is 5.32 Å². The summed E-state index contributed by atoms with van der Waals surface area (Å²) in [5.74, 6) is -2.73. The van der Waals surface area contributed by atoms with Crippen LogP contribution in [0.3, 0.4) is 0 Å². The molecule has 29 heavy (non-hydrogen) atoms. The van der Waals surface area contributed by atoms with E-state index in [1.54, 1.807) is 0 Å². The van der Waals surface area contributed by atoms with Crippen LogP contribution in [-0.2, 0) is 21.2 Å². The molecule has 1 aliphatic carbocycles. The average Bonchev–Trinajstić information content (AvgIpc) is 3.41. The maximum Gasteiger partial charge on any atom is 0.416 e. The van der Waals surface area contributed by atoms with Gasteiger partial charge in [-0.2, -0.15) is 18.4 Å². The smallest absolute Gasteiger partial charge is 0.319 e. The first-order valence-electron chi connectivity index (χ1n) is 8.47. The highest BCUT2D eigenvalue weighted by Gasteiger charge is 2.49. The minimum absolute atomic E-state index is 0.0856. The highest BCUT2D eigenvalue weighted by molar-refractivity contribution is 6.41. The molecule has 4 nitrogen and oxygen atoms in total. The number of carbonyl (C=O) groups is 2. The second-order valence-corrected chi connectivity index (χ2v) is 7.24. The van der Waals surface area contributed by atoms with Crippen molar-refractivity contribution in [2.45, 2.75) is 30.9 Å². The third kappa shape index (κ3) is 4.40. The summed E-state index contributed by atoms with van der Waals surface area (Å²) in [6, 6.07) is 7.96. The van der Waals surface area contributed by atoms with Crippen molar-refractivity contribution in [3.8, 4) is 6.07 Å². The number of nitrogens with zero attached hydrogens (tertiary/aromatic N) is 1. The third-order valence-corrected chi connectivity index (χ3v) is 5.13. The molecule has 0 aliphatic heterocycles. The zero-order valence-corrected chi connectivity index (χ0v) is 15.5. The number of Topliss-reactive ketones (excluding diaryl/α,β-unsaturated/α-hetero) is 1. The Kier molecular flexibility index (Phi) is 5.37. The molecule has 2 aromatic rings. The molecule has 1 aliphatic rings. The van der Waals surface area contributed by atoms with Crippen LogP contribution in [0.15, 0.2) is 36.4 Å². The van der Waals surface area contributed by atoms with Gasteiger partial charge in [-0.05, 0) is 54.8 Å². The second-order valence-electron chi connectivity index (χ2n) is 6.83. The summed E-state index contributed by atoms with van der Waals surface area (Å²) in [5.41, 5.74) is -1.98. The summed E-state index contributed by atoms with van der Waals surface area (Å²) < 4.78 is 53.0. The molecule has 150 valence electrons. The van der Waals surface area contributed by atoms with Crippen LogP contribution in [0, 0.1) is 17.1 Å². The lowest BCUT2D eigenvalue weighted by Crippen LogP contribution is -2.27. The lowest BCUT2D eigenvalue weighted by molar-refractivity contribution is -0.137. The van der Waals surface area contributed by atoms with E-state index in [2.05, 4.69) is 5.32 Å². The predicted octanol–water partition coefficient (Wildman–Crippen LogP) is 5.00. The number of rotatable bonds is 5. The number of alkyl halides is 3. The second kappa shape index (κ2) is 7.48. The Morgan fingerprint density at radius 3 is 2.41 bits per heavy atom. The van der Waals surface area contributed by atoms with Crippen molar-refractivity contribution < 1.29 is 27.2 Å². The average molecular weight is 425 g/mol. The van der Waals surface area contributed by atoms with Crippen LogP contribution in [0.4, 0.5) is 23.2 Å². The molecule has 0 atom stereocenters. The van der Waals surface area contributed by atoms with Gasteiger partial charge in [-0.15, -0.1) is 0 Å².